The lowest BCUT2D eigenvalue weighted by atomic mass is 10.3. The molecule has 0 aliphatic heterocycles. The maximum atomic E-state index is 10.6. The highest BCUT2D eigenvalue weighted by atomic mass is 16.1. The van der Waals surface area contributed by atoms with Crippen LogP contribution < -0.4 is 16.8 Å². The van der Waals surface area contributed by atoms with Crippen molar-refractivity contribution in [1.82, 2.24) is 10.2 Å². The summed E-state index contributed by atoms with van der Waals surface area (Å²) in [5.41, 5.74) is 10.1. The van der Waals surface area contributed by atoms with Crippen LogP contribution in [0.15, 0.2) is 0 Å². The van der Waals surface area contributed by atoms with Gasteiger partial charge in [-0.2, -0.15) is 0 Å². The first-order valence-electron chi connectivity index (χ1n) is 5.56. The molecule has 0 aromatic carbocycles. The van der Waals surface area contributed by atoms with Gasteiger partial charge in [0.25, 0.3) is 0 Å². The van der Waals surface area contributed by atoms with E-state index in [2.05, 4.69) is 10.2 Å². The molecule has 6 nitrogen and oxygen atoms in total. The first kappa shape index (κ1) is 14.9. The second-order valence-electron chi connectivity index (χ2n) is 3.62. The molecule has 0 unspecified atom stereocenters. The largest absolute Gasteiger partial charge is 0.370 e. The maximum Gasteiger partial charge on any atom is 0.218 e. The number of hydrogen-bond acceptors (Lipinski definition) is 4. The van der Waals surface area contributed by atoms with Crippen LogP contribution in [0.4, 0.5) is 0 Å². The Morgan fingerprint density at radius 3 is 2.19 bits per heavy atom. The SMILES string of the molecule is CCN(CCNCCC(N)=O)CCC(N)=O. The Kier molecular flexibility index (Phi) is 8.46. The van der Waals surface area contributed by atoms with Gasteiger partial charge >= 0.3 is 0 Å². The summed E-state index contributed by atoms with van der Waals surface area (Å²) >= 11 is 0. The van der Waals surface area contributed by atoms with Crippen LogP contribution in [0.3, 0.4) is 0 Å². The van der Waals surface area contributed by atoms with Crippen LogP contribution in [0.25, 0.3) is 0 Å². The van der Waals surface area contributed by atoms with Crippen LogP contribution in [0.5, 0.6) is 0 Å². The molecule has 0 rings (SSSR count). The molecule has 0 radical (unpaired) electrons. The van der Waals surface area contributed by atoms with Crippen LogP contribution in [-0.4, -0.2) is 49.4 Å². The standard InChI is InChI=1S/C10H22N4O2/c1-2-14(7-4-10(12)16)8-6-13-5-3-9(11)15/h13H,2-8H2,1H3,(H2,11,15)(H2,12,16). The van der Waals surface area contributed by atoms with E-state index in [9.17, 15) is 9.59 Å². The predicted molar refractivity (Wildman–Crippen MR) is 62.6 cm³/mol. The third kappa shape index (κ3) is 9.42. The number of carbonyl (C=O) groups is 2. The lowest BCUT2D eigenvalue weighted by Gasteiger charge is -2.19. The third-order valence-corrected chi connectivity index (χ3v) is 2.27. The highest BCUT2D eigenvalue weighted by Crippen LogP contribution is 1.89. The van der Waals surface area contributed by atoms with E-state index in [1.807, 2.05) is 6.92 Å². The topological polar surface area (TPSA) is 101 Å². The summed E-state index contributed by atoms with van der Waals surface area (Å²) in [5.74, 6) is -0.575. The molecule has 0 heterocycles. The highest BCUT2D eigenvalue weighted by Gasteiger charge is 2.03. The minimum absolute atomic E-state index is 0.278. The van der Waals surface area contributed by atoms with Crippen LogP contribution in [0, 0.1) is 0 Å². The van der Waals surface area contributed by atoms with E-state index >= 15 is 0 Å². The third-order valence-electron chi connectivity index (χ3n) is 2.27. The van der Waals surface area contributed by atoms with Crippen molar-refractivity contribution in [2.45, 2.75) is 19.8 Å². The lowest BCUT2D eigenvalue weighted by molar-refractivity contribution is -0.119. The normalized spacial score (nSPS) is 10.6. The molecule has 0 spiro atoms. The second kappa shape index (κ2) is 9.11. The van der Waals surface area contributed by atoms with E-state index in [1.165, 1.54) is 0 Å². The molecule has 0 saturated heterocycles. The second-order valence-corrected chi connectivity index (χ2v) is 3.62. The fourth-order valence-electron chi connectivity index (χ4n) is 1.27. The van der Waals surface area contributed by atoms with E-state index < -0.39 is 0 Å². The lowest BCUT2D eigenvalue weighted by Crippen LogP contribution is -2.35. The summed E-state index contributed by atoms with van der Waals surface area (Å²) in [7, 11) is 0. The summed E-state index contributed by atoms with van der Waals surface area (Å²) < 4.78 is 0. The Bertz CT molecular complexity index is 221. The number of rotatable bonds is 10. The molecule has 2 amide bonds. The highest BCUT2D eigenvalue weighted by molar-refractivity contribution is 5.74. The van der Waals surface area contributed by atoms with Gasteiger partial charge in [0.15, 0.2) is 0 Å². The number of nitrogens with one attached hydrogen (secondary N) is 1. The van der Waals surface area contributed by atoms with Crippen molar-refractivity contribution in [3.05, 3.63) is 0 Å². The number of primary amides is 2. The molecule has 16 heavy (non-hydrogen) atoms. The van der Waals surface area contributed by atoms with E-state index in [0.717, 1.165) is 19.6 Å². The van der Waals surface area contributed by atoms with Crippen LogP contribution in [0.2, 0.25) is 0 Å². The number of amides is 2. The average molecular weight is 230 g/mol. The van der Waals surface area contributed by atoms with Gasteiger partial charge in [0, 0.05) is 39.0 Å². The average Bonchev–Trinajstić information content (AvgIpc) is 2.21. The molecule has 0 aliphatic carbocycles. The summed E-state index contributed by atoms with van der Waals surface area (Å²) in [6, 6.07) is 0. The maximum absolute atomic E-state index is 10.6. The molecular formula is C10H22N4O2. The molecule has 0 saturated carbocycles. The Morgan fingerprint density at radius 1 is 1.06 bits per heavy atom. The molecule has 0 fully saturated rings. The molecule has 0 aliphatic rings. The van der Waals surface area contributed by atoms with Crippen LogP contribution in [0.1, 0.15) is 19.8 Å². The van der Waals surface area contributed by atoms with E-state index in [4.69, 9.17) is 11.5 Å². The minimum atomic E-state index is -0.298. The van der Waals surface area contributed by atoms with Crippen molar-refractivity contribution in [2.24, 2.45) is 11.5 Å². The van der Waals surface area contributed by atoms with E-state index in [1.54, 1.807) is 0 Å². The Labute approximate surface area is 96.3 Å². The zero-order chi connectivity index (χ0) is 12.4. The summed E-state index contributed by atoms with van der Waals surface area (Å²) in [6.07, 6.45) is 0.739. The molecule has 94 valence electrons. The number of nitrogens with two attached hydrogens (primary N) is 2. The predicted octanol–water partition coefficient (Wildman–Crippen LogP) is -1.35. The van der Waals surface area contributed by atoms with Gasteiger partial charge in [0.2, 0.25) is 11.8 Å². The van der Waals surface area contributed by atoms with E-state index in [-0.39, 0.29) is 11.8 Å². The summed E-state index contributed by atoms with van der Waals surface area (Å²) in [5, 5.41) is 3.11. The molecule has 5 N–H and O–H groups in total. The molecule has 0 aromatic heterocycles. The zero-order valence-corrected chi connectivity index (χ0v) is 9.87. The van der Waals surface area contributed by atoms with Crippen molar-refractivity contribution in [3.63, 3.8) is 0 Å². The van der Waals surface area contributed by atoms with Crippen molar-refractivity contribution in [3.8, 4) is 0 Å². The fourth-order valence-corrected chi connectivity index (χ4v) is 1.27. The molecule has 0 bridgehead atoms. The molecular weight excluding hydrogens is 208 g/mol. The molecule has 6 heteroatoms. The zero-order valence-electron chi connectivity index (χ0n) is 9.87. The van der Waals surface area contributed by atoms with Crippen LogP contribution in [-0.2, 0) is 9.59 Å². The summed E-state index contributed by atoms with van der Waals surface area (Å²) in [4.78, 5) is 23.2. The van der Waals surface area contributed by atoms with Gasteiger partial charge in [-0.05, 0) is 6.54 Å². The van der Waals surface area contributed by atoms with Crippen molar-refractivity contribution >= 4 is 11.8 Å². The summed E-state index contributed by atoms with van der Waals surface area (Å²) in [6.45, 7) is 5.81. The first-order chi connectivity index (χ1) is 7.56. The van der Waals surface area contributed by atoms with Gasteiger partial charge < -0.3 is 21.7 Å². The molecule has 0 aromatic rings. The van der Waals surface area contributed by atoms with Crippen molar-refractivity contribution < 1.29 is 9.59 Å². The van der Waals surface area contributed by atoms with E-state index in [0.29, 0.717) is 25.9 Å². The monoisotopic (exact) mass is 230 g/mol. The molecule has 0 atom stereocenters. The fraction of sp³-hybridized carbons (Fsp3) is 0.800. The van der Waals surface area contributed by atoms with Crippen LogP contribution >= 0.6 is 0 Å². The minimum Gasteiger partial charge on any atom is -0.370 e. The number of likely N-dealkylation sites (N-methyl/N-ethyl adjacent to an activating group) is 1. The quantitative estimate of drug-likeness (QED) is 0.404. The Morgan fingerprint density at radius 2 is 1.69 bits per heavy atom. The number of hydrogen-bond donors (Lipinski definition) is 3. The first-order valence-corrected chi connectivity index (χ1v) is 5.56. The van der Waals surface area contributed by atoms with Gasteiger partial charge in [0.1, 0.15) is 0 Å². The van der Waals surface area contributed by atoms with Crippen molar-refractivity contribution in [1.29, 1.82) is 0 Å². The van der Waals surface area contributed by atoms with Gasteiger partial charge in [-0.15, -0.1) is 0 Å². The van der Waals surface area contributed by atoms with Gasteiger partial charge in [-0.1, -0.05) is 6.92 Å². The Hall–Kier alpha value is -1.14. The smallest absolute Gasteiger partial charge is 0.218 e. The Balaban J connectivity index is 3.47. The van der Waals surface area contributed by atoms with Gasteiger partial charge in [-0.3, -0.25) is 9.59 Å². The van der Waals surface area contributed by atoms with Gasteiger partial charge in [0.05, 0.1) is 0 Å². The number of nitrogens with zero attached hydrogens (tertiary/aromatic N) is 1. The van der Waals surface area contributed by atoms with Crippen molar-refractivity contribution in [2.75, 3.05) is 32.7 Å². The van der Waals surface area contributed by atoms with Gasteiger partial charge in [-0.25, -0.2) is 0 Å². The number of carbonyl (C=O) groups excluding carboxylic acids is 2.